The molecule has 0 spiro atoms. The molecule has 194 valence electrons. The number of methoxy groups -OCH3 is 1. The van der Waals surface area contributed by atoms with Crippen LogP contribution in [0.2, 0.25) is 5.02 Å². The van der Waals surface area contributed by atoms with Gasteiger partial charge in [-0.05, 0) is 50.1 Å². The first-order valence-corrected chi connectivity index (χ1v) is 12.8. The molecule has 38 heavy (non-hydrogen) atoms. The molecule has 1 fully saturated rings. The van der Waals surface area contributed by atoms with Crippen LogP contribution in [-0.2, 0) is 11.2 Å². The molecule has 0 saturated carbocycles. The maximum atomic E-state index is 12.8. The summed E-state index contributed by atoms with van der Waals surface area (Å²) in [5.41, 5.74) is 7.12. The Hall–Kier alpha value is -4.22. The summed E-state index contributed by atoms with van der Waals surface area (Å²) in [5.74, 6) is 6.86. The Morgan fingerprint density at radius 2 is 2.18 bits per heavy atom. The first-order valence-electron chi connectivity index (χ1n) is 12.4. The van der Waals surface area contributed by atoms with E-state index in [-0.39, 0.29) is 11.8 Å². The molecule has 1 saturated heterocycles. The highest BCUT2D eigenvalue weighted by Gasteiger charge is 2.37. The van der Waals surface area contributed by atoms with Gasteiger partial charge < -0.3 is 15.0 Å². The van der Waals surface area contributed by atoms with Crippen molar-refractivity contribution >= 4 is 29.1 Å². The van der Waals surface area contributed by atoms with E-state index in [0.717, 1.165) is 29.8 Å². The average molecular weight is 530 g/mol. The first-order chi connectivity index (χ1) is 18.4. The second-order valence-electron chi connectivity index (χ2n) is 9.41. The van der Waals surface area contributed by atoms with Gasteiger partial charge in [0, 0.05) is 37.5 Å². The SMILES string of the molecule is C=CC(=O)N1CCC[C@]1(C)C#Cc1cnccc1-c1cc2c(n1Nc1cccc(Cl)c1OC)CCNC2=O. The third-order valence-corrected chi connectivity index (χ3v) is 7.34. The van der Waals surface area contributed by atoms with E-state index in [1.54, 1.807) is 30.5 Å². The van der Waals surface area contributed by atoms with Gasteiger partial charge in [-0.2, -0.15) is 0 Å². The zero-order chi connectivity index (χ0) is 26.9. The summed E-state index contributed by atoms with van der Waals surface area (Å²) in [5, 5.41) is 3.39. The van der Waals surface area contributed by atoms with Crippen LogP contribution in [0.5, 0.6) is 5.75 Å². The van der Waals surface area contributed by atoms with Crippen molar-refractivity contribution in [3.63, 3.8) is 0 Å². The van der Waals surface area contributed by atoms with E-state index in [1.807, 2.05) is 35.9 Å². The van der Waals surface area contributed by atoms with Gasteiger partial charge in [-0.3, -0.25) is 24.7 Å². The number of rotatable bonds is 5. The number of fused-ring (bicyclic) bond motifs is 1. The van der Waals surface area contributed by atoms with E-state index >= 15 is 0 Å². The zero-order valence-corrected chi connectivity index (χ0v) is 22.1. The summed E-state index contributed by atoms with van der Waals surface area (Å²) in [7, 11) is 1.56. The number of ether oxygens (including phenoxy) is 1. The number of nitrogens with one attached hydrogen (secondary N) is 2. The number of likely N-dealkylation sites (tertiary alicyclic amines) is 1. The number of halogens is 1. The lowest BCUT2D eigenvalue weighted by Crippen LogP contribution is -2.43. The summed E-state index contributed by atoms with van der Waals surface area (Å²) in [6, 6.07) is 9.19. The topological polar surface area (TPSA) is 88.5 Å². The number of pyridine rings is 1. The predicted molar refractivity (Wildman–Crippen MR) is 147 cm³/mol. The zero-order valence-electron chi connectivity index (χ0n) is 21.3. The third kappa shape index (κ3) is 4.50. The Kier molecular flexibility index (Phi) is 6.87. The molecule has 0 radical (unpaired) electrons. The predicted octanol–water partition coefficient (Wildman–Crippen LogP) is 4.29. The van der Waals surface area contributed by atoms with E-state index in [2.05, 4.69) is 34.1 Å². The Morgan fingerprint density at radius 3 is 2.97 bits per heavy atom. The lowest BCUT2D eigenvalue weighted by atomic mass is 9.98. The largest absolute Gasteiger partial charge is 0.493 e. The van der Waals surface area contributed by atoms with Crippen LogP contribution < -0.4 is 15.5 Å². The summed E-state index contributed by atoms with van der Waals surface area (Å²) in [6.07, 6.45) is 7.02. The van der Waals surface area contributed by atoms with Crippen LogP contribution in [0.3, 0.4) is 0 Å². The van der Waals surface area contributed by atoms with Crippen molar-refractivity contribution in [1.29, 1.82) is 0 Å². The highest BCUT2D eigenvalue weighted by Crippen LogP contribution is 2.36. The lowest BCUT2D eigenvalue weighted by Gasteiger charge is -2.29. The maximum absolute atomic E-state index is 12.8. The second kappa shape index (κ2) is 10.3. The Balaban J connectivity index is 1.63. The minimum Gasteiger partial charge on any atom is -0.493 e. The highest BCUT2D eigenvalue weighted by molar-refractivity contribution is 6.32. The highest BCUT2D eigenvalue weighted by atomic mass is 35.5. The molecule has 2 amide bonds. The second-order valence-corrected chi connectivity index (χ2v) is 9.81. The molecule has 2 aliphatic heterocycles. The molecule has 9 heteroatoms. The molecule has 8 nitrogen and oxygen atoms in total. The number of carbonyl (C=O) groups is 2. The number of carbonyl (C=O) groups excluding carboxylic acids is 2. The minimum absolute atomic E-state index is 0.127. The van der Waals surface area contributed by atoms with Crippen LogP contribution >= 0.6 is 11.6 Å². The van der Waals surface area contributed by atoms with Crippen LogP contribution in [0.4, 0.5) is 5.69 Å². The molecular formula is C29H28ClN5O3. The van der Waals surface area contributed by atoms with Crippen molar-refractivity contribution in [3.05, 3.63) is 77.2 Å². The van der Waals surface area contributed by atoms with Crippen LogP contribution in [0.1, 0.15) is 41.4 Å². The number of nitrogens with zero attached hydrogens (tertiary/aromatic N) is 3. The first kappa shape index (κ1) is 25.4. The monoisotopic (exact) mass is 529 g/mol. The molecule has 4 heterocycles. The van der Waals surface area contributed by atoms with Gasteiger partial charge in [0.25, 0.3) is 5.91 Å². The summed E-state index contributed by atoms with van der Waals surface area (Å²) < 4.78 is 7.44. The van der Waals surface area contributed by atoms with Crippen molar-refractivity contribution in [1.82, 2.24) is 19.9 Å². The number of anilines is 1. The number of amides is 2. The summed E-state index contributed by atoms with van der Waals surface area (Å²) in [6.45, 7) is 6.78. The van der Waals surface area contributed by atoms with Gasteiger partial charge >= 0.3 is 0 Å². The molecule has 3 aromatic rings. The van der Waals surface area contributed by atoms with E-state index < -0.39 is 5.54 Å². The van der Waals surface area contributed by atoms with Crippen LogP contribution in [0, 0.1) is 11.8 Å². The van der Waals surface area contributed by atoms with Crippen molar-refractivity contribution in [2.24, 2.45) is 0 Å². The van der Waals surface area contributed by atoms with Crippen molar-refractivity contribution < 1.29 is 14.3 Å². The standard InChI is InChI=1S/C29H28ClN5O3/c1-4-26(36)34-16-6-12-29(34,2)13-9-19-18-31-14-10-20(19)25-17-21-24(11-15-32-28(21)37)35(25)33-23-8-5-7-22(30)27(23)38-3/h4-5,7-8,10,14,17-18,33H,1,6,11-12,15-16H2,2-3H3,(H,32,37)/t29-/m1/s1. The number of hydrogen-bond donors (Lipinski definition) is 2. The van der Waals surface area contributed by atoms with E-state index in [4.69, 9.17) is 16.3 Å². The van der Waals surface area contributed by atoms with Gasteiger partial charge in [-0.25, -0.2) is 0 Å². The fourth-order valence-electron chi connectivity index (χ4n) is 5.11. The molecule has 5 rings (SSSR count). The molecule has 0 aliphatic carbocycles. The smallest absolute Gasteiger partial charge is 0.253 e. The van der Waals surface area contributed by atoms with Gasteiger partial charge in [0.2, 0.25) is 5.91 Å². The van der Waals surface area contributed by atoms with Crippen LogP contribution in [0.25, 0.3) is 11.3 Å². The third-order valence-electron chi connectivity index (χ3n) is 7.04. The number of benzene rings is 1. The van der Waals surface area contributed by atoms with Gasteiger partial charge in [-0.1, -0.05) is 36.1 Å². The summed E-state index contributed by atoms with van der Waals surface area (Å²) in [4.78, 5) is 31.3. The number of hydrogen-bond acceptors (Lipinski definition) is 5. The van der Waals surface area contributed by atoms with Gasteiger partial charge in [0.1, 0.15) is 5.54 Å². The Labute approximate surface area is 226 Å². The molecule has 0 bridgehead atoms. The average Bonchev–Trinajstić information content (AvgIpc) is 3.49. The molecule has 2 N–H and O–H groups in total. The van der Waals surface area contributed by atoms with E-state index in [0.29, 0.717) is 47.1 Å². The lowest BCUT2D eigenvalue weighted by molar-refractivity contribution is -0.127. The van der Waals surface area contributed by atoms with Crippen molar-refractivity contribution in [2.75, 3.05) is 25.6 Å². The van der Waals surface area contributed by atoms with Crippen LogP contribution in [-0.4, -0.2) is 52.1 Å². The molecule has 2 aliphatic rings. The molecule has 0 unspecified atom stereocenters. The van der Waals surface area contributed by atoms with Crippen molar-refractivity contribution in [2.45, 2.75) is 31.7 Å². The summed E-state index contributed by atoms with van der Waals surface area (Å²) >= 11 is 6.38. The molecule has 2 aromatic heterocycles. The Morgan fingerprint density at radius 1 is 1.34 bits per heavy atom. The maximum Gasteiger partial charge on any atom is 0.253 e. The minimum atomic E-state index is -0.605. The van der Waals surface area contributed by atoms with E-state index in [9.17, 15) is 9.59 Å². The molecule has 1 atom stereocenters. The van der Waals surface area contributed by atoms with Crippen molar-refractivity contribution in [3.8, 4) is 28.8 Å². The molecule has 1 aromatic carbocycles. The number of aromatic nitrogens is 2. The normalized spacial score (nSPS) is 18.2. The van der Waals surface area contributed by atoms with Gasteiger partial charge in [0.05, 0.1) is 40.3 Å². The van der Waals surface area contributed by atoms with Gasteiger partial charge in [0.15, 0.2) is 5.75 Å². The fourth-order valence-corrected chi connectivity index (χ4v) is 5.36. The van der Waals surface area contributed by atoms with Crippen LogP contribution in [0.15, 0.2) is 55.4 Å². The number of para-hydroxylation sites is 1. The quantitative estimate of drug-likeness (QED) is 0.380. The van der Waals surface area contributed by atoms with Gasteiger partial charge in [-0.15, -0.1) is 0 Å². The Bertz CT molecular complexity index is 1500. The fraction of sp³-hybridized carbons (Fsp3) is 0.276. The molecular weight excluding hydrogens is 502 g/mol. The van der Waals surface area contributed by atoms with E-state index in [1.165, 1.54) is 6.08 Å².